The van der Waals surface area contributed by atoms with E-state index in [0.717, 1.165) is 5.69 Å². The summed E-state index contributed by atoms with van der Waals surface area (Å²) in [5.41, 5.74) is 14.7. The smallest absolute Gasteiger partial charge is 0.0753 e. The average Bonchev–Trinajstić information content (AvgIpc) is 3.82. The molecule has 0 saturated carbocycles. The Hall–Kier alpha value is -6.35. The molecule has 0 fully saturated rings. The second-order valence-corrected chi connectivity index (χ2v) is 15.2. The molecule has 240 valence electrons. The monoisotopic (exact) mass is 675 g/mol. The summed E-state index contributed by atoms with van der Waals surface area (Å²) in [5, 5.41) is 7.72. The van der Waals surface area contributed by atoms with Gasteiger partial charge in [-0.05, 0) is 108 Å². The summed E-state index contributed by atoms with van der Waals surface area (Å²) < 4.78 is 2.67. The summed E-state index contributed by atoms with van der Waals surface area (Å²) in [6, 6.07) is 63.3. The van der Waals surface area contributed by atoms with Crippen molar-refractivity contribution in [3.05, 3.63) is 198 Å². The first-order chi connectivity index (χ1) is 25.8. The third-order valence-corrected chi connectivity index (χ3v) is 12.8. The third kappa shape index (κ3) is 3.55. The van der Waals surface area contributed by atoms with Gasteiger partial charge in [0.05, 0.1) is 11.1 Å². The molecular formula is C50H29NS. The number of fused-ring (bicyclic) bond motifs is 15. The normalized spacial score (nSPS) is 15.4. The Labute approximate surface area is 305 Å². The van der Waals surface area contributed by atoms with E-state index in [1.807, 2.05) is 17.5 Å². The van der Waals surface area contributed by atoms with Gasteiger partial charge in [0.15, 0.2) is 0 Å². The standard InChI is InChI=1S/C50H29NS/c1-2-13-30(14-3-1)47-34-17-4-6-19-36(34)48(37-20-7-5-18-35(37)47)31-24-25-38-43(27-31)50(42-22-12-26-51-49(38)42)41-21-10-8-15-32(41)39-29-46-40(28-44(39)50)33-16-9-11-23-45(33)52-46/h1-29H. The molecule has 2 aliphatic carbocycles. The average molecular weight is 676 g/mol. The van der Waals surface area contributed by atoms with E-state index in [-0.39, 0.29) is 0 Å². The fourth-order valence-corrected chi connectivity index (χ4v) is 10.8. The Bertz CT molecular complexity index is 3080. The molecule has 52 heavy (non-hydrogen) atoms. The van der Waals surface area contributed by atoms with Crippen LogP contribution in [0.25, 0.3) is 86.4 Å². The lowest BCUT2D eigenvalue weighted by atomic mass is 9.70. The lowest BCUT2D eigenvalue weighted by Gasteiger charge is -2.30. The number of aromatic nitrogens is 1. The Kier molecular flexibility index (Phi) is 5.65. The molecule has 1 spiro atoms. The number of pyridine rings is 1. The first-order valence-electron chi connectivity index (χ1n) is 18.0. The van der Waals surface area contributed by atoms with Gasteiger partial charge in [0, 0.05) is 31.9 Å². The van der Waals surface area contributed by atoms with Gasteiger partial charge >= 0.3 is 0 Å². The highest BCUT2D eigenvalue weighted by Gasteiger charge is 2.52. The molecule has 0 saturated heterocycles. The van der Waals surface area contributed by atoms with Crippen molar-refractivity contribution in [2.75, 3.05) is 0 Å². The van der Waals surface area contributed by atoms with Crippen LogP contribution in [0.4, 0.5) is 0 Å². The van der Waals surface area contributed by atoms with Crippen molar-refractivity contribution < 1.29 is 0 Å². The van der Waals surface area contributed by atoms with Gasteiger partial charge in [-0.25, -0.2) is 0 Å². The molecule has 2 heteroatoms. The van der Waals surface area contributed by atoms with Crippen LogP contribution in [0.2, 0.25) is 0 Å². The number of nitrogens with zero attached hydrogens (tertiary/aromatic N) is 1. The Morgan fingerprint density at radius 1 is 0.365 bits per heavy atom. The number of hydrogen-bond acceptors (Lipinski definition) is 2. The number of benzene rings is 8. The maximum atomic E-state index is 5.12. The fourth-order valence-electron chi connectivity index (χ4n) is 9.71. The number of rotatable bonds is 2. The molecule has 12 rings (SSSR count). The van der Waals surface area contributed by atoms with Gasteiger partial charge < -0.3 is 0 Å². The molecule has 0 amide bonds. The summed E-state index contributed by atoms with van der Waals surface area (Å²) in [6.07, 6.45) is 1.95. The van der Waals surface area contributed by atoms with E-state index in [1.54, 1.807) is 0 Å². The Morgan fingerprint density at radius 3 is 1.75 bits per heavy atom. The van der Waals surface area contributed by atoms with Crippen LogP contribution in [0.3, 0.4) is 0 Å². The SMILES string of the molecule is c1ccc(-c2c3ccccc3c(-c3ccc4c(c3)C3(c5ccccc5-c5cc6sc7ccccc7c6cc53)c3cccnc3-4)c3ccccc23)cc1. The summed E-state index contributed by atoms with van der Waals surface area (Å²) in [5.74, 6) is 0. The molecule has 2 aromatic heterocycles. The van der Waals surface area contributed by atoms with E-state index in [4.69, 9.17) is 4.98 Å². The second kappa shape index (κ2) is 10.4. The molecule has 1 unspecified atom stereocenters. The van der Waals surface area contributed by atoms with Gasteiger partial charge in [0.1, 0.15) is 0 Å². The Balaban J connectivity index is 1.21. The van der Waals surface area contributed by atoms with Gasteiger partial charge in [0.2, 0.25) is 0 Å². The van der Waals surface area contributed by atoms with Crippen LogP contribution in [-0.4, -0.2) is 4.98 Å². The Morgan fingerprint density at radius 2 is 0.981 bits per heavy atom. The van der Waals surface area contributed by atoms with Gasteiger partial charge in [-0.15, -0.1) is 11.3 Å². The molecule has 1 atom stereocenters. The molecule has 2 aliphatic rings. The predicted molar refractivity (Wildman–Crippen MR) is 219 cm³/mol. The second-order valence-electron chi connectivity index (χ2n) is 14.2. The van der Waals surface area contributed by atoms with Crippen LogP contribution in [0.1, 0.15) is 22.3 Å². The van der Waals surface area contributed by atoms with Crippen LogP contribution < -0.4 is 0 Å². The molecule has 0 bridgehead atoms. The highest BCUT2D eigenvalue weighted by atomic mass is 32.1. The summed E-state index contributed by atoms with van der Waals surface area (Å²) >= 11 is 1.89. The van der Waals surface area contributed by atoms with Gasteiger partial charge in [-0.2, -0.15) is 0 Å². The van der Waals surface area contributed by atoms with E-state index in [0.29, 0.717) is 0 Å². The van der Waals surface area contributed by atoms with E-state index in [1.165, 1.54) is 103 Å². The molecule has 0 aliphatic heterocycles. The van der Waals surface area contributed by atoms with E-state index in [9.17, 15) is 0 Å². The molecule has 0 N–H and O–H groups in total. The highest BCUT2D eigenvalue weighted by Crippen LogP contribution is 2.63. The van der Waals surface area contributed by atoms with Crippen molar-refractivity contribution in [3.8, 4) is 44.6 Å². The quantitative estimate of drug-likeness (QED) is 0.166. The third-order valence-electron chi connectivity index (χ3n) is 11.7. The van der Waals surface area contributed by atoms with Crippen LogP contribution in [0, 0.1) is 0 Å². The van der Waals surface area contributed by atoms with Crippen molar-refractivity contribution in [1.82, 2.24) is 4.98 Å². The molecule has 8 aromatic carbocycles. The largest absolute Gasteiger partial charge is 0.256 e. The number of thiophene rings is 1. The lowest BCUT2D eigenvalue weighted by molar-refractivity contribution is 0.793. The zero-order valence-corrected chi connectivity index (χ0v) is 28.9. The molecule has 10 aromatic rings. The van der Waals surface area contributed by atoms with E-state index in [2.05, 4.69) is 170 Å². The molecule has 2 heterocycles. The minimum atomic E-state index is -0.492. The van der Waals surface area contributed by atoms with Gasteiger partial charge in [-0.1, -0.05) is 140 Å². The summed E-state index contributed by atoms with van der Waals surface area (Å²) in [6.45, 7) is 0. The van der Waals surface area contributed by atoms with Crippen LogP contribution in [-0.2, 0) is 5.41 Å². The van der Waals surface area contributed by atoms with Crippen molar-refractivity contribution in [1.29, 1.82) is 0 Å². The highest BCUT2D eigenvalue weighted by molar-refractivity contribution is 7.25. The van der Waals surface area contributed by atoms with Crippen molar-refractivity contribution in [3.63, 3.8) is 0 Å². The summed E-state index contributed by atoms with van der Waals surface area (Å²) in [7, 11) is 0. The maximum absolute atomic E-state index is 5.12. The van der Waals surface area contributed by atoms with Crippen LogP contribution >= 0.6 is 11.3 Å². The molecule has 0 radical (unpaired) electrons. The van der Waals surface area contributed by atoms with E-state index >= 15 is 0 Å². The van der Waals surface area contributed by atoms with Crippen molar-refractivity contribution >= 4 is 53.1 Å². The minimum Gasteiger partial charge on any atom is -0.256 e. The van der Waals surface area contributed by atoms with Crippen molar-refractivity contribution in [2.24, 2.45) is 0 Å². The molecular weight excluding hydrogens is 647 g/mol. The number of hydrogen-bond donors (Lipinski definition) is 0. The van der Waals surface area contributed by atoms with Crippen LogP contribution in [0.5, 0.6) is 0 Å². The first kappa shape index (κ1) is 28.4. The topological polar surface area (TPSA) is 12.9 Å². The molecule has 1 nitrogen and oxygen atoms in total. The predicted octanol–water partition coefficient (Wildman–Crippen LogP) is 13.4. The van der Waals surface area contributed by atoms with E-state index < -0.39 is 5.41 Å². The van der Waals surface area contributed by atoms with Crippen molar-refractivity contribution in [2.45, 2.75) is 5.41 Å². The zero-order valence-electron chi connectivity index (χ0n) is 28.1. The minimum absolute atomic E-state index is 0.492. The summed E-state index contributed by atoms with van der Waals surface area (Å²) in [4.78, 5) is 5.12. The van der Waals surface area contributed by atoms with Gasteiger partial charge in [0.25, 0.3) is 0 Å². The lowest BCUT2D eigenvalue weighted by Crippen LogP contribution is -2.26. The van der Waals surface area contributed by atoms with Gasteiger partial charge in [-0.3, -0.25) is 4.98 Å². The fraction of sp³-hybridized carbons (Fsp3) is 0.0200. The zero-order chi connectivity index (χ0) is 34.0. The maximum Gasteiger partial charge on any atom is 0.0753 e. The van der Waals surface area contributed by atoms with Crippen LogP contribution in [0.15, 0.2) is 176 Å². The first-order valence-corrected chi connectivity index (χ1v) is 18.8.